The summed E-state index contributed by atoms with van der Waals surface area (Å²) in [5.74, 6) is 0.517. The van der Waals surface area contributed by atoms with E-state index in [1.54, 1.807) is 24.1 Å². The van der Waals surface area contributed by atoms with Gasteiger partial charge in [0.05, 0.1) is 41.1 Å². The number of aromatic nitrogens is 1. The van der Waals surface area contributed by atoms with Crippen molar-refractivity contribution < 1.29 is 22.7 Å². The molecule has 0 unspecified atom stereocenters. The number of nitrogens with zero attached hydrogens (tertiary/aromatic N) is 4. The maximum absolute atomic E-state index is 13.9. The molecule has 0 aliphatic carbocycles. The zero-order valence-corrected chi connectivity index (χ0v) is 25.7. The molecule has 0 bridgehead atoms. The van der Waals surface area contributed by atoms with Crippen LogP contribution in [-0.2, 0) is 21.2 Å². The largest absolute Gasteiger partial charge is 0.497 e. The van der Waals surface area contributed by atoms with Crippen molar-refractivity contribution in [3.05, 3.63) is 77.9 Å². The van der Waals surface area contributed by atoms with E-state index in [-0.39, 0.29) is 23.2 Å². The quantitative estimate of drug-likeness (QED) is 0.262. The van der Waals surface area contributed by atoms with E-state index >= 15 is 0 Å². The number of benzene rings is 3. The van der Waals surface area contributed by atoms with E-state index in [4.69, 9.17) is 14.5 Å². The number of hydrogen-bond acceptors (Lipinski definition) is 8. The third-order valence-corrected chi connectivity index (χ3v) is 10.4. The second-order valence-electron chi connectivity index (χ2n) is 10.1. The fraction of sp³-hybridized carbons (Fsp3) is 0.333. The lowest BCUT2D eigenvalue weighted by molar-refractivity contribution is 0.0376. The minimum atomic E-state index is -3.75. The molecule has 42 heavy (non-hydrogen) atoms. The Bertz CT molecular complexity index is 1660. The van der Waals surface area contributed by atoms with Crippen molar-refractivity contribution >= 4 is 60.7 Å². The number of carbonyl (C=O) groups excluding carboxylic acids is 1. The molecule has 1 amide bonds. The van der Waals surface area contributed by atoms with E-state index in [9.17, 15) is 13.2 Å². The first kappa shape index (κ1) is 30.2. The van der Waals surface area contributed by atoms with Gasteiger partial charge in [0.2, 0.25) is 0 Å². The molecule has 6 rings (SSSR count). The molecular weight excluding hydrogens is 596 g/mol. The lowest BCUT2D eigenvalue weighted by Gasteiger charge is -2.27. The molecule has 4 aromatic rings. The van der Waals surface area contributed by atoms with Gasteiger partial charge in [0.15, 0.2) is 5.13 Å². The molecule has 0 spiro atoms. The second-order valence-corrected chi connectivity index (χ2v) is 12.9. The Labute approximate surface area is 256 Å². The van der Waals surface area contributed by atoms with Crippen LogP contribution in [0.15, 0.2) is 71.6 Å². The van der Waals surface area contributed by atoms with E-state index < -0.39 is 10.0 Å². The lowest BCUT2D eigenvalue weighted by atomic mass is 10.2. The Morgan fingerprint density at radius 2 is 1.81 bits per heavy atom. The van der Waals surface area contributed by atoms with Gasteiger partial charge in [-0.2, -0.15) is 0 Å². The highest BCUT2D eigenvalue weighted by Gasteiger charge is 2.31. The van der Waals surface area contributed by atoms with Crippen molar-refractivity contribution in [1.82, 2.24) is 9.88 Å². The van der Waals surface area contributed by atoms with Gasteiger partial charge in [-0.05, 0) is 66.9 Å². The number of amides is 1. The summed E-state index contributed by atoms with van der Waals surface area (Å²) in [4.78, 5) is 22.9. The van der Waals surface area contributed by atoms with Gasteiger partial charge < -0.3 is 9.47 Å². The van der Waals surface area contributed by atoms with Crippen molar-refractivity contribution in [3.63, 3.8) is 0 Å². The summed E-state index contributed by atoms with van der Waals surface area (Å²) in [6.45, 7) is 4.94. The zero-order valence-electron chi connectivity index (χ0n) is 23.3. The molecule has 1 fully saturated rings. The molecule has 0 saturated carbocycles. The highest BCUT2D eigenvalue weighted by Crippen LogP contribution is 2.34. The number of rotatable bonds is 9. The number of carbonyl (C=O) groups is 1. The summed E-state index contributed by atoms with van der Waals surface area (Å²) in [5.41, 5.74) is 2.94. The van der Waals surface area contributed by atoms with E-state index in [2.05, 4.69) is 4.90 Å². The van der Waals surface area contributed by atoms with Crippen LogP contribution in [0, 0.1) is 0 Å². The fourth-order valence-electron chi connectivity index (χ4n) is 5.31. The fourth-order valence-corrected chi connectivity index (χ4v) is 7.83. The number of sulfonamides is 1. The van der Waals surface area contributed by atoms with E-state index in [0.717, 1.165) is 60.8 Å². The predicted molar refractivity (Wildman–Crippen MR) is 168 cm³/mol. The average molecular weight is 629 g/mol. The SMILES string of the molecule is COc1ccc2nc(N(CCCN3CCOCC3)C(=O)c3ccc(S(=O)(=O)N4CCc5ccccc54)cc3)sc2c1.Cl. The van der Waals surface area contributed by atoms with Crippen LogP contribution in [0.3, 0.4) is 0 Å². The standard InChI is InChI=1S/C30H32N4O5S2.ClH/c1-38-24-9-12-26-28(21-24)40-30(31-26)33(15-4-14-32-17-19-39-20-18-32)29(35)23-7-10-25(11-8-23)41(36,37)34-16-13-22-5-2-3-6-27(22)34;/h2-3,5-12,21H,4,13-20H2,1H3;1H. The van der Waals surface area contributed by atoms with Crippen molar-refractivity contribution in [3.8, 4) is 5.75 Å². The van der Waals surface area contributed by atoms with Crippen molar-refractivity contribution in [2.75, 3.05) is 62.3 Å². The van der Waals surface area contributed by atoms with Crippen molar-refractivity contribution in [2.45, 2.75) is 17.7 Å². The minimum absolute atomic E-state index is 0. The number of halogens is 1. The Morgan fingerprint density at radius 1 is 1.05 bits per heavy atom. The van der Waals surface area contributed by atoms with Gasteiger partial charge in [-0.1, -0.05) is 29.5 Å². The number of para-hydroxylation sites is 1. The summed E-state index contributed by atoms with van der Waals surface area (Å²) in [5, 5.41) is 0.602. The summed E-state index contributed by atoms with van der Waals surface area (Å²) in [7, 11) is -2.13. The first-order chi connectivity index (χ1) is 19.9. The van der Waals surface area contributed by atoms with Gasteiger partial charge >= 0.3 is 0 Å². The average Bonchev–Trinajstić information content (AvgIpc) is 3.64. The molecule has 3 heterocycles. The molecule has 0 radical (unpaired) electrons. The molecule has 1 aromatic heterocycles. The normalized spacial score (nSPS) is 15.3. The molecule has 222 valence electrons. The van der Waals surface area contributed by atoms with Gasteiger partial charge in [-0.15, -0.1) is 12.4 Å². The van der Waals surface area contributed by atoms with E-state index in [1.165, 1.54) is 27.8 Å². The maximum Gasteiger partial charge on any atom is 0.264 e. The Balaban J connectivity index is 0.00000353. The minimum Gasteiger partial charge on any atom is -0.497 e. The molecule has 1 saturated heterocycles. The molecule has 12 heteroatoms. The first-order valence-electron chi connectivity index (χ1n) is 13.7. The third-order valence-electron chi connectivity index (χ3n) is 7.55. The number of thiazole rings is 1. The maximum atomic E-state index is 13.9. The van der Waals surface area contributed by atoms with Crippen LogP contribution in [0.1, 0.15) is 22.3 Å². The molecule has 3 aromatic carbocycles. The van der Waals surface area contributed by atoms with Crippen LogP contribution in [-0.4, -0.2) is 77.3 Å². The van der Waals surface area contributed by atoms with Gasteiger partial charge in [-0.3, -0.25) is 18.9 Å². The zero-order chi connectivity index (χ0) is 28.4. The van der Waals surface area contributed by atoms with Crippen LogP contribution in [0.25, 0.3) is 10.2 Å². The number of ether oxygens (including phenoxy) is 2. The monoisotopic (exact) mass is 628 g/mol. The molecular formula is C30H33ClN4O5S2. The Hall–Kier alpha value is -3.22. The summed E-state index contributed by atoms with van der Waals surface area (Å²) in [6.07, 6.45) is 1.45. The Morgan fingerprint density at radius 3 is 2.57 bits per heavy atom. The molecule has 9 nitrogen and oxygen atoms in total. The molecule has 2 aliphatic heterocycles. The van der Waals surface area contributed by atoms with Gasteiger partial charge in [-0.25, -0.2) is 13.4 Å². The van der Waals surface area contributed by atoms with Crippen molar-refractivity contribution in [2.24, 2.45) is 0 Å². The lowest BCUT2D eigenvalue weighted by Crippen LogP contribution is -2.39. The highest BCUT2D eigenvalue weighted by atomic mass is 35.5. The topological polar surface area (TPSA) is 92.3 Å². The molecule has 0 N–H and O–H groups in total. The number of hydrogen-bond donors (Lipinski definition) is 0. The van der Waals surface area contributed by atoms with Crippen LogP contribution in [0.5, 0.6) is 5.75 Å². The molecule has 2 aliphatic rings. The van der Waals surface area contributed by atoms with Gasteiger partial charge in [0.25, 0.3) is 15.9 Å². The van der Waals surface area contributed by atoms with Crippen LogP contribution in [0.4, 0.5) is 10.8 Å². The summed E-state index contributed by atoms with van der Waals surface area (Å²) >= 11 is 1.44. The van der Waals surface area contributed by atoms with Crippen LogP contribution in [0.2, 0.25) is 0 Å². The van der Waals surface area contributed by atoms with E-state index in [0.29, 0.717) is 35.9 Å². The Kier molecular flexibility index (Phi) is 9.34. The van der Waals surface area contributed by atoms with Gasteiger partial charge in [0.1, 0.15) is 5.75 Å². The predicted octanol–water partition coefficient (Wildman–Crippen LogP) is 4.85. The number of anilines is 2. The smallest absolute Gasteiger partial charge is 0.264 e. The third kappa shape index (κ3) is 6.11. The highest BCUT2D eigenvalue weighted by molar-refractivity contribution is 7.92. The first-order valence-corrected chi connectivity index (χ1v) is 16.0. The summed E-state index contributed by atoms with van der Waals surface area (Å²) < 4.78 is 40.2. The number of morpholine rings is 1. The van der Waals surface area contributed by atoms with Gasteiger partial charge in [0, 0.05) is 38.3 Å². The van der Waals surface area contributed by atoms with E-state index in [1.807, 2.05) is 42.5 Å². The number of fused-ring (bicyclic) bond motifs is 2. The van der Waals surface area contributed by atoms with Crippen LogP contribution >= 0.6 is 23.7 Å². The number of methoxy groups -OCH3 is 1. The molecule has 0 atom stereocenters. The van der Waals surface area contributed by atoms with Crippen LogP contribution < -0.4 is 13.9 Å². The summed E-state index contributed by atoms with van der Waals surface area (Å²) in [6, 6.07) is 19.5. The van der Waals surface area contributed by atoms with Crippen molar-refractivity contribution in [1.29, 1.82) is 0 Å². The second kappa shape index (κ2) is 13.0.